The van der Waals surface area contributed by atoms with Crippen molar-refractivity contribution in [2.75, 3.05) is 47.5 Å². The van der Waals surface area contributed by atoms with Crippen molar-refractivity contribution in [2.24, 2.45) is 0 Å². The number of carbonyl (C=O) groups excluding carboxylic acids is 2. The highest BCUT2D eigenvalue weighted by Crippen LogP contribution is 2.18. The van der Waals surface area contributed by atoms with Crippen molar-refractivity contribution < 1.29 is 42.9 Å². The average molecular weight is 1370 g/mol. The van der Waals surface area contributed by atoms with Crippen LogP contribution < -0.4 is 0 Å². The van der Waals surface area contributed by atoms with Crippen LogP contribution in [-0.2, 0) is 33.3 Å². The number of carboxylic acid groups (broad SMARTS) is 1. The lowest BCUT2D eigenvalue weighted by molar-refractivity contribution is -0.870. The third-order valence-corrected chi connectivity index (χ3v) is 17.0. The number of nitrogens with zero attached hydrogens (tertiary/aromatic N) is 1. The van der Waals surface area contributed by atoms with E-state index in [-0.39, 0.29) is 32.2 Å². The molecule has 2 unspecified atom stereocenters. The molecule has 0 fully saturated rings. The van der Waals surface area contributed by atoms with Crippen LogP contribution >= 0.6 is 0 Å². The fraction of sp³-hybridized carbons (Fsp3) is 0.656. The highest BCUT2D eigenvalue weighted by Gasteiger charge is 2.25. The van der Waals surface area contributed by atoms with Gasteiger partial charge in [-0.15, -0.1) is 0 Å². The van der Waals surface area contributed by atoms with E-state index in [1.54, 1.807) is 0 Å². The fourth-order valence-electron chi connectivity index (χ4n) is 10.9. The molecule has 1 N–H and O–H groups in total. The molecule has 0 amide bonds. The van der Waals surface area contributed by atoms with Crippen LogP contribution in [0.2, 0.25) is 0 Å². The van der Waals surface area contributed by atoms with Crippen LogP contribution in [-0.4, -0.2) is 87.4 Å². The zero-order valence-electron chi connectivity index (χ0n) is 64.3. The number of likely N-dealkylation sites (N-methyl/N-ethyl adjacent to an activating group) is 1. The molecule has 0 aromatic heterocycles. The summed E-state index contributed by atoms with van der Waals surface area (Å²) in [6.07, 6.45) is 115. The van der Waals surface area contributed by atoms with Crippen LogP contribution in [0.3, 0.4) is 0 Å². The first-order valence-electron chi connectivity index (χ1n) is 40.3. The minimum atomic E-state index is -1.52. The van der Waals surface area contributed by atoms with Crippen LogP contribution in [0.15, 0.2) is 170 Å². The molecule has 0 spiro atoms. The maximum absolute atomic E-state index is 13.0. The highest BCUT2D eigenvalue weighted by molar-refractivity contribution is 5.71. The van der Waals surface area contributed by atoms with Crippen molar-refractivity contribution in [3.8, 4) is 0 Å². The van der Waals surface area contributed by atoms with Crippen LogP contribution in [0.4, 0.5) is 0 Å². The van der Waals surface area contributed by atoms with E-state index in [9.17, 15) is 19.5 Å². The van der Waals surface area contributed by atoms with Crippen LogP contribution in [0, 0.1) is 0 Å². The molecule has 9 heteroatoms. The predicted octanol–water partition coefficient (Wildman–Crippen LogP) is 26.1. The first-order valence-corrected chi connectivity index (χ1v) is 40.3. The van der Waals surface area contributed by atoms with Gasteiger partial charge in [0.05, 0.1) is 34.4 Å². The Balaban J connectivity index is 4.08. The second-order valence-electron chi connectivity index (χ2n) is 27.6. The fourth-order valence-corrected chi connectivity index (χ4v) is 10.9. The Labute approximate surface area is 609 Å². The van der Waals surface area contributed by atoms with Gasteiger partial charge in [-0.25, -0.2) is 4.79 Å². The SMILES string of the molecule is CC/C=C\C/C=C\C/C=C\C/C=C\C/C=C\C/C=C\C/C=C\C/C=C\C/C=C\CCCCCCCCCCCC(=O)OC(COC(=O)CCCCCCCCCCCCCCCCCCCCCCC/C=C\C/C=C\C/C=C\C/C=C\C/C=C\CC)COC(OCC[N+](C)(C)C)C(=O)O. The third kappa shape index (κ3) is 79.8. The van der Waals surface area contributed by atoms with E-state index < -0.39 is 24.3 Å². The topological polar surface area (TPSA) is 108 Å². The number of hydrogen-bond acceptors (Lipinski definition) is 7. The Kier molecular flexibility index (Phi) is 74.1. The molecule has 0 rings (SSSR count). The van der Waals surface area contributed by atoms with Gasteiger partial charge in [-0.05, 0) is 128 Å². The summed E-state index contributed by atoms with van der Waals surface area (Å²) >= 11 is 0. The molecule has 9 nitrogen and oxygen atoms in total. The maximum Gasteiger partial charge on any atom is 0.361 e. The summed E-state index contributed by atoms with van der Waals surface area (Å²) in [5.41, 5.74) is 0. The van der Waals surface area contributed by atoms with Crippen molar-refractivity contribution >= 4 is 17.9 Å². The summed E-state index contributed by atoms with van der Waals surface area (Å²) in [5.74, 6) is -2.01. The molecule has 0 aliphatic carbocycles. The number of quaternary nitrogens is 1. The molecular weight excluding hydrogens is 1220 g/mol. The summed E-state index contributed by atoms with van der Waals surface area (Å²) < 4.78 is 23.0. The molecule has 562 valence electrons. The van der Waals surface area contributed by atoms with Gasteiger partial charge in [-0.2, -0.15) is 0 Å². The van der Waals surface area contributed by atoms with Crippen molar-refractivity contribution in [2.45, 2.75) is 334 Å². The molecule has 0 aliphatic heterocycles. The van der Waals surface area contributed by atoms with E-state index in [0.29, 0.717) is 23.9 Å². The van der Waals surface area contributed by atoms with Gasteiger partial charge in [0.15, 0.2) is 6.10 Å². The summed E-state index contributed by atoms with van der Waals surface area (Å²) in [5, 5.41) is 9.78. The minimum Gasteiger partial charge on any atom is -0.477 e. The number of carboxylic acids is 1. The van der Waals surface area contributed by atoms with Gasteiger partial charge in [0, 0.05) is 12.8 Å². The molecule has 0 radical (unpaired) electrons. The Bertz CT molecular complexity index is 2240. The molecule has 0 aliphatic rings. The molecular formula is C90H150NO8+. The van der Waals surface area contributed by atoms with E-state index in [0.717, 1.165) is 135 Å². The van der Waals surface area contributed by atoms with Crippen molar-refractivity contribution in [3.05, 3.63) is 170 Å². The lowest BCUT2D eigenvalue weighted by Gasteiger charge is -2.25. The average Bonchev–Trinajstić information content (AvgIpc) is 2.19. The van der Waals surface area contributed by atoms with Gasteiger partial charge in [0.1, 0.15) is 13.2 Å². The normalized spacial score (nSPS) is 13.6. The number of rotatable bonds is 73. The molecule has 0 aromatic carbocycles. The lowest BCUT2D eigenvalue weighted by Crippen LogP contribution is -2.40. The van der Waals surface area contributed by atoms with Crippen LogP contribution in [0.1, 0.15) is 322 Å². The van der Waals surface area contributed by atoms with Gasteiger partial charge >= 0.3 is 17.9 Å². The Morgan fingerprint density at radius 3 is 0.808 bits per heavy atom. The Hall–Kier alpha value is -5.35. The maximum atomic E-state index is 13.0. The molecule has 0 heterocycles. The third-order valence-electron chi connectivity index (χ3n) is 17.0. The second-order valence-corrected chi connectivity index (χ2v) is 27.6. The highest BCUT2D eigenvalue weighted by atomic mass is 16.7. The van der Waals surface area contributed by atoms with Crippen molar-refractivity contribution in [1.29, 1.82) is 0 Å². The first kappa shape index (κ1) is 93.6. The van der Waals surface area contributed by atoms with E-state index in [1.807, 2.05) is 21.1 Å². The summed E-state index contributed by atoms with van der Waals surface area (Å²) in [4.78, 5) is 37.8. The van der Waals surface area contributed by atoms with Crippen molar-refractivity contribution in [1.82, 2.24) is 0 Å². The Morgan fingerprint density at radius 1 is 0.303 bits per heavy atom. The monoisotopic (exact) mass is 1370 g/mol. The molecule has 99 heavy (non-hydrogen) atoms. The molecule has 0 saturated carbocycles. The summed E-state index contributed by atoms with van der Waals surface area (Å²) in [6.45, 7) is 4.66. The number of unbranched alkanes of at least 4 members (excludes halogenated alkanes) is 30. The number of carbonyl (C=O) groups is 3. The summed E-state index contributed by atoms with van der Waals surface area (Å²) in [7, 11) is 5.98. The number of esters is 2. The molecule has 0 bridgehead atoms. The standard InChI is InChI=1S/C90H149NO8/c1-6-8-10-12-14-16-18-20-22-24-26-28-30-32-34-36-38-40-42-44-46-48-50-52-54-56-58-60-62-64-66-68-70-72-74-76-78-80-87(92)97-84-86(85-98-90(89(94)95)96-83-82-91(3,4)5)99-88(93)81-79-77-75-73-71-69-67-65-63-61-59-57-55-53-51-49-47-45-43-41-39-37-35-33-31-29-27-25-23-21-19-17-15-13-11-9-7-2/h8-11,14-17,20-23,26-29,32-35,39,41,45,47,51,53,57,59,86,90H,6-7,12-13,18-19,24-25,30-31,36-38,40,42-44,46,48-50,52,54-56,58,60-85H2,1-5H3/p+1/b10-8-,11-9-,16-14-,17-15-,22-20-,23-21-,28-26-,29-27-,34-32-,35-33-,41-39-,47-45-,53-51-,59-57-. The van der Waals surface area contributed by atoms with Gasteiger partial charge in [0.2, 0.25) is 0 Å². The quantitative estimate of drug-likeness (QED) is 0.0211. The van der Waals surface area contributed by atoms with Gasteiger partial charge in [-0.3, -0.25) is 9.59 Å². The first-order chi connectivity index (χ1) is 48.6. The number of allylic oxidation sites excluding steroid dienone is 28. The zero-order chi connectivity index (χ0) is 71.8. The van der Waals surface area contributed by atoms with Crippen molar-refractivity contribution in [3.63, 3.8) is 0 Å². The van der Waals surface area contributed by atoms with Gasteiger partial charge in [-0.1, -0.05) is 351 Å². The largest absolute Gasteiger partial charge is 0.477 e. The zero-order valence-corrected chi connectivity index (χ0v) is 64.3. The van der Waals surface area contributed by atoms with E-state index >= 15 is 0 Å². The summed E-state index contributed by atoms with van der Waals surface area (Å²) in [6, 6.07) is 0. The second kappa shape index (κ2) is 78.4. The molecule has 0 aromatic rings. The van der Waals surface area contributed by atoms with Gasteiger partial charge < -0.3 is 28.5 Å². The van der Waals surface area contributed by atoms with Gasteiger partial charge in [0.25, 0.3) is 6.29 Å². The number of aliphatic carboxylic acids is 1. The number of hydrogen-bond donors (Lipinski definition) is 1. The lowest BCUT2D eigenvalue weighted by atomic mass is 10.0. The van der Waals surface area contributed by atoms with Crippen LogP contribution in [0.5, 0.6) is 0 Å². The van der Waals surface area contributed by atoms with E-state index in [4.69, 9.17) is 18.9 Å². The molecule has 0 saturated heterocycles. The van der Waals surface area contributed by atoms with E-state index in [1.165, 1.54) is 154 Å². The Morgan fingerprint density at radius 2 is 0.545 bits per heavy atom. The predicted molar refractivity (Wildman–Crippen MR) is 428 cm³/mol. The smallest absolute Gasteiger partial charge is 0.361 e. The van der Waals surface area contributed by atoms with Crippen LogP contribution in [0.25, 0.3) is 0 Å². The number of ether oxygens (including phenoxy) is 4. The van der Waals surface area contributed by atoms with E-state index in [2.05, 4.69) is 184 Å². The minimum absolute atomic E-state index is 0.180. The molecule has 2 atom stereocenters.